The molecule has 0 spiro atoms. The van der Waals surface area contributed by atoms with Crippen LogP contribution in [0.25, 0.3) is 6.08 Å². The predicted octanol–water partition coefficient (Wildman–Crippen LogP) is 0.861. The van der Waals surface area contributed by atoms with E-state index in [2.05, 4.69) is 6.58 Å². The van der Waals surface area contributed by atoms with Crippen LogP contribution in [0.15, 0.2) is 24.9 Å². The van der Waals surface area contributed by atoms with Gasteiger partial charge in [0.1, 0.15) is 6.54 Å². The Balaban J connectivity index is 2.69. The highest BCUT2D eigenvalue weighted by Gasteiger charge is 2.07. The molecule has 16 heavy (non-hydrogen) atoms. The van der Waals surface area contributed by atoms with Crippen molar-refractivity contribution in [2.75, 3.05) is 5.75 Å². The van der Waals surface area contributed by atoms with E-state index in [9.17, 15) is 13.0 Å². The molecule has 0 saturated carbocycles. The van der Waals surface area contributed by atoms with Gasteiger partial charge in [0.05, 0.1) is 10.1 Å². The summed E-state index contributed by atoms with van der Waals surface area (Å²) >= 11 is 0. The number of hydrogen-bond acceptors (Lipinski definition) is 3. The van der Waals surface area contributed by atoms with Crippen LogP contribution in [0.3, 0.4) is 0 Å². The summed E-state index contributed by atoms with van der Waals surface area (Å²) in [5, 5.41) is 0. The molecule has 0 N–H and O–H groups in total. The molecule has 1 aromatic heterocycles. The first-order chi connectivity index (χ1) is 7.42. The van der Waals surface area contributed by atoms with E-state index in [0.29, 0.717) is 13.0 Å². The first-order valence-electron chi connectivity index (χ1n) is 4.98. The SMILES string of the molecule is C=Cc1ccc(C)[n+](CCCS(=O)(=O)[O-])c1. The lowest BCUT2D eigenvalue weighted by Gasteiger charge is -2.05. The van der Waals surface area contributed by atoms with E-state index in [-0.39, 0.29) is 5.75 Å². The average molecular weight is 241 g/mol. The zero-order valence-electron chi connectivity index (χ0n) is 9.22. The largest absolute Gasteiger partial charge is 0.748 e. The molecule has 0 bridgehead atoms. The highest BCUT2D eigenvalue weighted by atomic mass is 32.2. The van der Waals surface area contributed by atoms with Crippen molar-refractivity contribution in [1.82, 2.24) is 0 Å². The molecule has 4 nitrogen and oxygen atoms in total. The van der Waals surface area contributed by atoms with Crippen LogP contribution in [-0.4, -0.2) is 18.7 Å². The summed E-state index contributed by atoms with van der Waals surface area (Å²) in [6, 6.07) is 3.87. The Labute approximate surface area is 96.0 Å². The second kappa shape index (κ2) is 5.23. The fourth-order valence-corrected chi connectivity index (χ4v) is 1.89. The lowest BCUT2D eigenvalue weighted by atomic mass is 10.2. The highest BCUT2D eigenvalue weighted by Crippen LogP contribution is 1.99. The summed E-state index contributed by atoms with van der Waals surface area (Å²) in [6.07, 6.45) is 3.94. The third-order valence-corrected chi connectivity index (χ3v) is 3.09. The third kappa shape index (κ3) is 4.12. The molecular formula is C11H15NO3S. The molecule has 88 valence electrons. The number of hydrogen-bond donors (Lipinski definition) is 0. The van der Waals surface area contributed by atoms with Crippen molar-refractivity contribution in [3.63, 3.8) is 0 Å². The second-order valence-corrected chi connectivity index (χ2v) is 5.14. The third-order valence-electron chi connectivity index (χ3n) is 2.30. The van der Waals surface area contributed by atoms with Gasteiger partial charge in [0.2, 0.25) is 0 Å². The molecule has 0 aliphatic heterocycles. The molecule has 0 fully saturated rings. The molecule has 0 saturated heterocycles. The minimum absolute atomic E-state index is 0.322. The predicted molar refractivity (Wildman–Crippen MR) is 60.6 cm³/mol. The van der Waals surface area contributed by atoms with Gasteiger partial charge in [-0.3, -0.25) is 0 Å². The summed E-state index contributed by atoms with van der Waals surface area (Å²) in [6.45, 7) is 6.11. The van der Waals surface area contributed by atoms with Gasteiger partial charge in [-0.1, -0.05) is 12.7 Å². The van der Waals surface area contributed by atoms with E-state index < -0.39 is 10.1 Å². The molecule has 1 rings (SSSR count). The molecule has 1 aromatic rings. The maximum atomic E-state index is 10.4. The quantitative estimate of drug-likeness (QED) is 0.567. The van der Waals surface area contributed by atoms with Crippen molar-refractivity contribution in [2.45, 2.75) is 19.9 Å². The van der Waals surface area contributed by atoms with Gasteiger partial charge in [-0.05, 0) is 6.07 Å². The highest BCUT2D eigenvalue weighted by molar-refractivity contribution is 7.85. The Hall–Kier alpha value is -1.20. The summed E-state index contributed by atoms with van der Waals surface area (Å²) < 4.78 is 33.3. The average Bonchev–Trinajstić information content (AvgIpc) is 2.19. The zero-order chi connectivity index (χ0) is 12.2. The minimum atomic E-state index is -4.11. The number of aryl methyl sites for hydroxylation is 2. The fourth-order valence-electron chi connectivity index (χ4n) is 1.41. The molecule has 0 aromatic carbocycles. The van der Waals surface area contributed by atoms with Gasteiger partial charge in [0.15, 0.2) is 11.9 Å². The van der Waals surface area contributed by atoms with Gasteiger partial charge in [0.25, 0.3) is 0 Å². The lowest BCUT2D eigenvalue weighted by molar-refractivity contribution is -0.702. The Kier molecular flexibility index (Phi) is 4.20. The number of pyridine rings is 1. The molecule has 0 aliphatic carbocycles. The van der Waals surface area contributed by atoms with Crippen molar-refractivity contribution < 1.29 is 17.5 Å². The summed E-state index contributed by atoms with van der Waals surface area (Å²) in [5.41, 5.74) is 1.99. The Bertz CT molecular complexity index is 480. The Morgan fingerprint density at radius 2 is 2.19 bits per heavy atom. The van der Waals surface area contributed by atoms with E-state index in [1.54, 1.807) is 6.08 Å². The fraction of sp³-hybridized carbons (Fsp3) is 0.364. The minimum Gasteiger partial charge on any atom is -0.748 e. The topological polar surface area (TPSA) is 61.1 Å². The maximum absolute atomic E-state index is 10.4. The molecule has 5 heteroatoms. The van der Waals surface area contributed by atoms with Gasteiger partial charge < -0.3 is 4.55 Å². The first kappa shape index (κ1) is 12.9. The van der Waals surface area contributed by atoms with Crippen LogP contribution in [0.1, 0.15) is 17.7 Å². The van der Waals surface area contributed by atoms with Crippen molar-refractivity contribution in [2.24, 2.45) is 0 Å². The monoisotopic (exact) mass is 241 g/mol. The number of aromatic nitrogens is 1. The molecule has 1 heterocycles. The van der Waals surface area contributed by atoms with E-state index in [4.69, 9.17) is 0 Å². The van der Waals surface area contributed by atoms with Crippen LogP contribution in [-0.2, 0) is 16.7 Å². The second-order valence-electron chi connectivity index (χ2n) is 3.62. The smallest absolute Gasteiger partial charge is 0.178 e. The van der Waals surface area contributed by atoms with Crippen LogP contribution < -0.4 is 4.57 Å². The standard InChI is InChI=1S/C11H15NO3S/c1-3-11-6-5-10(2)12(9-11)7-4-8-16(13,14)15/h3,5-6,9H,1,4,7-8H2,2H3. The van der Waals surface area contributed by atoms with E-state index in [1.807, 2.05) is 29.8 Å². The number of nitrogens with zero attached hydrogens (tertiary/aromatic N) is 1. The molecular weight excluding hydrogens is 226 g/mol. The van der Waals surface area contributed by atoms with Gasteiger partial charge >= 0.3 is 0 Å². The van der Waals surface area contributed by atoms with E-state index >= 15 is 0 Å². The Morgan fingerprint density at radius 1 is 1.50 bits per heavy atom. The van der Waals surface area contributed by atoms with Crippen LogP contribution in [0.4, 0.5) is 0 Å². The molecule has 0 amide bonds. The van der Waals surface area contributed by atoms with Crippen molar-refractivity contribution in [3.05, 3.63) is 36.2 Å². The lowest BCUT2D eigenvalue weighted by Crippen LogP contribution is -2.37. The number of rotatable bonds is 5. The summed E-state index contributed by atoms with van der Waals surface area (Å²) in [4.78, 5) is 0. The molecule has 0 radical (unpaired) electrons. The van der Waals surface area contributed by atoms with Gasteiger partial charge in [-0.2, -0.15) is 0 Å². The summed E-state index contributed by atoms with van der Waals surface area (Å²) in [7, 11) is -4.11. The maximum Gasteiger partial charge on any atom is 0.178 e. The zero-order valence-corrected chi connectivity index (χ0v) is 10.0. The van der Waals surface area contributed by atoms with Crippen LogP contribution in [0.2, 0.25) is 0 Å². The van der Waals surface area contributed by atoms with Crippen molar-refractivity contribution >= 4 is 16.2 Å². The molecule has 0 aliphatic rings. The first-order valence-corrected chi connectivity index (χ1v) is 6.56. The molecule has 0 atom stereocenters. The van der Waals surface area contributed by atoms with Crippen LogP contribution >= 0.6 is 0 Å². The Morgan fingerprint density at radius 3 is 2.75 bits per heavy atom. The van der Waals surface area contributed by atoms with E-state index in [0.717, 1.165) is 11.3 Å². The van der Waals surface area contributed by atoms with Crippen molar-refractivity contribution in [3.8, 4) is 0 Å². The van der Waals surface area contributed by atoms with Gasteiger partial charge in [0, 0.05) is 30.7 Å². The normalized spacial score (nSPS) is 11.4. The van der Waals surface area contributed by atoms with Gasteiger partial charge in [-0.15, -0.1) is 0 Å². The van der Waals surface area contributed by atoms with Crippen LogP contribution in [0, 0.1) is 6.92 Å². The summed E-state index contributed by atoms with van der Waals surface area (Å²) in [5.74, 6) is -0.322. The van der Waals surface area contributed by atoms with E-state index in [1.165, 1.54) is 0 Å². The molecule has 0 unspecified atom stereocenters. The van der Waals surface area contributed by atoms with Crippen molar-refractivity contribution in [1.29, 1.82) is 0 Å². The van der Waals surface area contributed by atoms with Gasteiger partial charge in [-0.25, -0.2) is 13.0 Å². The van der Waals surface area contributed by atoms with Crippen LogP contribution in [0.5, 0.6) is 0 Å².